The van der Waals surface area contributed by atoms with Gasteiger partial charge in [-0.3, -0.25) is 4.98 Å². The van der Waals surface area contributed by atoms with Gasteiger partial charge < -0.3 is 19.7 Å². The third-order valence-corrected chi connectivity index (χ3v) is 9.25. The Morgan fingerprint density at radius 2 is 1.83 bits per heavy atom. The smallest absolute Gasteiger partial charge is 0.319 e. The molecule has 3 heterocycles. The topological polar surface area (TPSA) is 91.3 Å². The Labute approximate surface area is 207 Å². The standard InChI is InChI=1S/C24H28F3N6O2P/c1-14(16-6-5-7-17(21(16)25)22(26)27)29-23-18-12-20(28-13-19(18)30-15(2)31-23)36(35)10-8-33(9-11-36)24(34)32(3)4/h5-7,12-14,22H,8-11H2,1-4H3,(H,29,30,31)/t14-/m1/s1. The van der Waals surface area contributed by atoms with Crippen LogP contribution in [0.4, 0.5) is 23.8 Å². The highest BCUT2D eigenvalue weighted by atomic mass is 31.2. The van der Waals surface area contributed by atoms with Gasteiger partial charge in [-0.1, -0.05) is 18.2 Å². The highest BCUT2D eigenvalue weighted by molar-refractivity contribution is 7.71. The molecule has 0 saturated carbocycles. The number of hydrogen-bond acceptors (Lipinski definition) is 6. The number of amides is 2. The number of hydrogen-bond donors (Lipinski definition) is 1. The third-order valence-electron chi connectivity index (χ3n) is 6.33. The SMILES string of the molecule is Cc1nc(N[C@H](C)c2cccc(C(F)F)c2F)c2cc(P3(=O)CCN(C(=O)N(C)C)CC3)ncc2n1. The van der Waals surface area contributed by atoms with Crippen LogP contribution in [0.2, 0.25) is 0 Å². The summed E-state index contributed by atoms with van der Waals surface area (Å²) in [6.45, 7) is 4.07. The predicted octanol–water partition coefficient (Wildman–Crippen LogP) is 4.57. The molecule has 0 radical (unpaired) electrons. The molecule has 4 rings (SSSR count). The summed E-state index contributed by atoms with van der Waals surface area (Å²) in [5.74, 6) is -0.160. The van der Waals surface area contributed by atoms with Crippen molar-refractivity contribution in [3.63, 3.8) is 0 Å². The fourth-order valence-electron chi connectivity index (χ4n) is 4.32. The lowest BCUT2D eigenvalue weighted by molar-refractivity contribution is 0.146. The number of nitrogens with one attached hydrogen (secondary N) is 1. The molecule has 0 bridgehead atoms. The van der Waals surface area contributed by atoms with E-state index in [0.717, 1.165) is 6.07 Å². The lowest BCUT2D eigenvalue weighted by Gasteiger charge is -2.33. The Morgan fingerprint density at radius 1 is 1.17 bits per heavy atom. The number of urea groups is 1. The van der Waals surface area contributed by atoms with Gasteiger partial charge in [0.1, 0.15) is 30.0 Å². The van der Waals surface area contributed by atoms with Gasteiger partial charge in [0, 0.05) is 50.5 Å². The molecule has 8 nitrogen and oxygen atoms in total. The van der Waals surface area contributed by atoms with Crippen molar-refractivity contribution < 1.29 is 22.5 Å². The zero-order valence-electron chi connectivity index (χ0n) is 20.5. The molecule has 0 spiro atoms. The highest BCUT2D eigenvalue weighted by Crippen LogP contribution is 2.46. The predicted molar refractivity (Wildman–Crippen MR) is 133 cm³/mol. The van der Waals surface area contributed by atoms with Crippen LogP contribution in [0.25, 0.3) is 10.9 Å². The van der Waals surface area contributed by atoms with Crippen molar-refractivity contribution in [2.24, 2.45) is 0 Å². The van der Waals surface area contributed by atoms with Gasteiger partial charge in [0.2, 0.25) is 0 Å². The second kappa shape index (κ2) is 10.0. The van der Waals surface area contributed by atoms with Crippen molar-refractivity contribution in [1.82, 2.24) is 24.8 Å². The maximum absolute atomic E-state index is 14.7. The summed E-state index contributed by atoms with van der Waals surface area (Å²) in [7, 11) is 0.473. The van der Waals surface area contributed by atoms with E-state index in [0.29, 0.717) is 53.4 Å². The molecule has 0 aliphatic carbocycles. The van der Waals surface area contributed by atoms with Gasteiger partial charge in [-0.05, 0) is 19.9 Å². The summed E-state index contributed by atoms with van der Waals surface area (Å²) >= 11 is 0. The first kappa shape index (κ1) is 25.9. The Bertz CT molecular complexity index is 1340. The van der Waals surface area contributed by atoms with Crippen LogP contribution >= 0.6 is 7.14 Å². The Kier molecular flexibility index (Phi) is 7.22. The zero-order valence-corrected chi connectivity index (χ0v) is 21.4. The molecule has 2 amide bonds. The first-order chi connectivity index (χ1) is 17.0. The fourth-order valence-corrected chi connectivity index (χ4v) is 6.76. The number of rotatable bonds is 5. The van der Waals surface area contributed by atoms with Crippen molar-refractivity contribution in [1.29, 1.82) is 0 Å². The number of nitrogens with zero attached hydrogens (tertiary/aromatic N) is 5. The largest absolute Gasteiger partial charge is 0.363 e. The molecule has 1 aliphatic rings. The van der Waals surface area contributed by atoms with E-state index < -0.39 is 31.0 Å². The fraction of sp³-hybridized carbons (Fsp3) is 0.417. The van der Waals surface area contributed by atoms with Crippen molar-refractivity contribution >= 4 is 35.3 Å². The minimum Gasteiger partial charge on any atom is -0.363 e. The van der Waals surface area contributed by atoms with Gasteiger partial charge in [-0.25, -0.2) is 27.9 Å². The molecule has 1 aromatic carbocycles. The van der Waals surface area contributed by atoms with Crippen LogP contribution in [0.15, 0.2) is 30.5 Å². The Morgan fingerprint density at radius 3 is 2.47 bits per heavy atom. The Hall–Kier alpha value is -3.20. The summed E-state index contributed by atoms with van der Waals surface area (Å²) in [5.41, 5.74) is 0.350. The minimum absolute atomic E-state index is 0.0808. The quantitative estimate of drug-likeness (QED) is 0.496. The van der Waals surface area contributed by atoms with Gasteiger partial charge in [-0.2, -0.15) is 0 Å². The lowest BCUT2D eigenvalue weighted by atomic mass is 10.0. The number of alkyl halides is 2. The molecule has 36 heavy (non-hydrogen) atoms. The van der Waals surface area contributed by atoms with E-state index in [1.807, 2.05) is 0 Å². The van der Waals surface area contributed by atoms with Crippen LogP contribution in [0.1, 0.15) is 36.3 Å². The maximum atomic E-state index is 14.7. The summed E-state index contributed by atoms with van der Waals surface area (Å²) in [4.78, 5) is 28.7. The lowest BCUT2D eigenvalue weighted by Crippen LogP contribution is -2.45. The van der Waals surface area contributed by atoms with Crippen molar-refractivity contribution in [2.75, 3.05) is 44.8 Å². The molecule has 2 aromatic heterocycles. The molecule has 12 heteroatoms. The number of carbonyl (C=O) groups is 1. The number of fused-ring (bicyclic) bond motifs is 1. The average molecular weight is 520 g/mol. The molecule has 1 fully saturated rings. The van der Waals surface area contributed by atoms with Gasteiger partial charge in [0.25, 0.3) is 6.43 Å². The number of aryl methyl sites for hydroxylation is 1. The van der Waals surface area contributed by atoms with E-state index in [1.54, 1.807) is 38.9 Å². The number of carbonyl (C=O) groups excluding carboxylic acids is 1. The summed E-state index contributed by atoms with van der Waals surface area (Å²) in [5, 5.41) is 3.66. The molecule has 1 saturated heterocycles. The van der Waals surface area contributed by atoms with Gasteiger partial charge in [-0.15, -0.1) is 0 Å². The number of pyridine rings is 1. The summed E-state index contributed by atoms with van der Waals surface area (Å²) in [6, 6.07) is 4.77. The van der Waals surface area contributed by atoms with Gasteiger partial charge >= 0.3 is 6.03 Å². The third kappa shape index (κ3) is 5.02. The monoisotopic (exact) mass is 520 g/mol. The molecule has 192 valence electrons. The molecule has 1 aliphatic heterocycles. The molecular weight excluding hydrogens is 492 g/mol. The van der Waals surface area contributed by atoms with Crippen LogP contribution in [-0.4, -0.2) is 70.3 Å². The molecule has 1 atom stereocenters. The van der Waals surface area contributed by atoms with E-state index in [2.05, 4.69) is 20.3 Å². The van der Waals surface area contributed by atoms with Crippen LogP contribution < -0.4 is 10.8 Å². The van der Waals surface area contributed by atoms with Gasteiger partial charge in [0.05, 0.1) is 23.3 Å². The molecular formula is C24H28F3N6O2P. The second-order valence-corrected chi connectivity index (χ2v) is 12.2. The summed E-state index contributed by atoms with van der Waals surface area (Å²) < 4.78 is 54.9. The van der Waals surface area contributed by atoms with E-state index in [-0.39, 0.29) is 11.6 Å². The molecule has 3 aromatic rings. The van der Waals surface area contributed by atoms with Crippen molar-refractivity contribution in [2.45, 2.75) is 26.3 Å². The molecule has 1 N–H and O–H groups in total. The number of benzene rings is 1. The normalized spacial score (nSPS) is 16.3. The van der Waals surface area contributed by atoms with E-state index in [1.165, 1.54) is 23.2 Å². The van der Waals surface area contributed by atoms with Gasteiger partial charge in [0.15, 0.2) is 0 Å². The first-order valence-electron chi connectivity index (χ1n) is 11.5. The average Bonchev–Trinajstić information content (AvgIpc) is 2.83. The first-order valence-corrected chi connectivity index (χ1v) is 13.6. The van der Waals surface area contributed by atoms with Crippen LogP contribution in [0.3, 0.4) is 0 Å². The minimum atomic E-state index is -2.93. The zero-order chi connectivity index (χ0) is 26.2. The number of anilines is 1. The van der Waals surface area contributed by atoms with Crippen LogP contribution in [0.5, 0.6) is 0 Å². The summed E-state index contributed by atoms with van der Waals surface area (Å²) in [6.07, 6.45) is -0.778. The Balaban J connectivity index is 1.65. The van der Waals surface area contributed by atoms with Crippen LogP contribution in [0, 0.1) is 12.7 Å². The number of halogens is 3. The highest BCUT2D eigenvalue weighted by Gasteiger charge is 2.34. The molecule has 0 unspecified atom stereocenters. The van der Waals surface area contributed by atoms with E-state index >= 15 is 0 Å². The van der Waals surface area contributed by atoms with Crippen LogP contribution in [-0.2, 0) is 4.57 Å². The second-order valence-electron chi connectivity index (χ2n) is 9.10. The number of aromatic nitrogens is 3. The maximum Gasteiger partial charge on any atom is 0.319 e. The van der Waals surface area contributed by atoms with E-state index in [4.69, 9.17) is 0 Å². The van der Waals surface area contributed by atoms with Crippen molar-refractivity contribution in [3.8, 4) is 0 Å². The van der Waals surface area contributed by atoms with E-state index in [9.17, 15) is 22.5 Å². The van der Waals surface area contributed by atoms with Crippen molar-refractivity contribution in [3.05, 3.63) is 53.2 Å².